The van der Waals surface area contributed by atoms with Crippen molar-refractivity contribution in [3.05, 3.63) is 182 Å². The summed E-state index contributed by atoms with van der Waals surface area (Å²) in [7, 11) is 0. The summed E-state index contributed by atoms with van der Waals surface area (Å²) in [5.41, 5.74) is 11.8. The third kappa shape index (κ3) is 5.12. The largest absolute Gasteiger partial charge is 0.456 e. The van der Waals surface area contributed by atoms with E-state index in [4.69, 9.17) is 9.40 Å². The molecule has 0 radical (unpaired) electrons. The van der Waals surface area contributed by atoms with Crippen LogP contribution >= 0.6 is 22.7 Å². The van der Waals surface area contributed by atoms with Crippen LogP contribution in [0.5, 0.6) is 0 Å². The second-order valence-corrected chi connectivity index (χ2v) is 15.6. The van der Waals surface area contributed by atoms with E-state index in [9.17, 15) is 0 Å². The first-order valence-electron chi connectivity index (χ1n) is 18.0. The van der Waals surface area contributed by atoms with Crippen LogP contribution in [-0.4, -0.2) is 4.98 Å². The molecule has 3 heterocycles. The summed E-state index contributed by atoms with van der Waals surface area (Å²) in [6, 6.07) is 64.9. The number of thiophene rings is 1. The van der Waals surface area contributed by atoms with Crippen LogP contribution in [0.15, 0.2) is 186 Å². The highest BCUT2D eigenvalue weighted by atomic mass is 32.1. The average Bonchev–Trinajstić information content (AvgIpc) is 3.95. The van der Waals surface area contributed by atoms with Crippen molar-refractivity contribution in [2.45, 2.75) is 0 Å². The van der Waals surface area contributed by atoms with Crippen molar-refractivity contribution >= 4 is 92.1 Å². The molecule has 0 spiro atoms. The highest BCUT2D eigenvalue weighted by Gasteiger charge is 2.19. The fourth-order valence-electron chi connectivity index (χ4n) is 7.77. The van der Waals surface area contributed by atoms with E-state index >= 15 is 0 Å². The van der Waals surface area contributed by atoms with Crippen molar-refractivity contribution in [1.29, 1.82) is 0 Å². The smallest absolute Gasteiger partial charge is 0.137 e. The molecule has 0 atom stereocenters. The number of anilines is 3. The number of rotatable bonds is 6. The van der Waals surface area contributed by atoms with E-state index < -0.39 is 0 Å². The molecule has 0 amide bonds. The molecule has 0 aliphatic rings. The minimum Gasteiger partial charge on any atom is -0.456 e. The maximum absolute atomic E-state index is 6.46. The number of hydrogen-bond acceptors (Lipinski definition) is 5. The van der Waals surface area contributed by atoms with Gasteiger partial charge >= 0.3 is 0 Å². The van der Waals surface area contributed by atoms with Crippen molar-refractivity contribution in [2.75, 3.05) is 4.90 Å². The molecule has 0 N–H and O–H groups in total. The standard InChI is InChI=1S/C49H30N2OS2/c1-3-10-31(11-4-1)32-18-22-35(23-19-32)51(36-24-20-33(21-25-36)38-15-9-17-44-46(38)39-14-7-8-16-43(39)53-44)37-26-27-41-40(30-37)47-42(52-41)28-29-45-48(47)50-49(54-45)34-12-5-2-6-13-34/h1-30H. The van der Waals surface area contributed by atoms with Crippen molar-refractivity contribution in [1.82, 2.24) is 4.98 Å². The SMILES string of the molecule is c1ccc(-c2ccc(N(c3ccc(-c4cccc5sc6ccccc6c45)cc3)c3ccc4oc5ccc6sc(-c7ccccc7)nc6c5c4c3)cc2)cc1. The third-order valence-corrected chi connectivity index (χ3v) is 12.5. The molecule has 54 heavy (non-hydrogen) atoms. The highest BCUT2D eigenvalue weighted by molar-refractivity contribution is 7.26. The second-order valence-electron chi connectivity index (χ2n) is 13.5. The summed E-state index contributed by atoms with van der Waals surface area (Å²) in [6.45, 7) is 0. The maximum Gasteiger partial charge on any atom is 0.137 e. The summed E-state index contributed by atoms with van der Waals surface area (Å²) in [6.07, 6.45) is 0. The van der Waals surface area contributed by atoms with Gasteiger partial charge in [-0.1, -0.05) is 115 Å². The molecule has 0 aliphatic carbocycles. The first-order valence-corrected chi connectivity index (χ1v) is 19.7. The normalized spacial score (nSPS) is 11.7. The van der Waals surface area contributed by atoms with Crippen LogP contribution in [0.1, 0.15) is 0 Å². The molecule has 0 unspecified atom stereocenters. The van der Waals surface area contributed by atoms with Gasteiger partial charge in [0.05, 0.1) is 15.6 Å². The van der Waals surface area contributed by atoms with Crippen molar-refractivity contribution < 1.29 is 4.42 Å². The Morgan fingerprint density at radius 2 is 1.04 bits per heavy atom. The van der Waals surface area contributed by atoms with E-state index in [1.807, 2.05) is 17.4 Å². The Bertz CT molecular complexity index is 3140. The van der Waals surface area contributed by atoms with Crippen LogP contribution in [0.2, 0.25) is 0 Å². The van der Waals surface area contributed by atoms with E-state index in [0.29, 0.717) is 0 Å². The molecular formula is C49H30N2OS2. The predicted molar refractivity (Wildman–Crippen MR) is 231 cm³/mol. The number of benzene rings is 8. The molecule has 11 aromatic rings. The molecule has 5 heteroatoms. The molecule has 11 rings (SSSR count). The molecule has 0 bridgehead atoms. The van der Waals surface area contributed by atoms with E-state index in [2.05, 4.69) is 181 Å². The number of hydrogen-bond donors (Lipinski definition) is 0. The molecule has 8 aromatic carbocycles. The maximum atomic E-state index is 6.46. The van der Waals surface area contributed by atoms with E-state index in [0.717, 1.165) is 59.8 Å². The van der Waals surface area contributed by atoms with Gasteiger partial charge in [0, 0.05) is 48.2 Å². The van der Waals surface area contributed by atoms with E-state index in [1.165, 1.54) is 42.4 Å². The Morgan fingerprint density at radius 3 is 1.81 bits per heavy atom. The van der Waals surface area contributed by atoms with Gasteiger partial charge in [-0.3, -0.25) is 0 Å². The number of aromatic nitrogens is 1. The lowest BCUT2D eigenvalue weighted by atomic mass is 9.99. The van der Waals surface area contributed by atoms with Gasteiger partial charge < -0.3 is 9.32 Å². The van der Waals surface area contributed by atoms with Crippen LogP contribution in [0.25, 0.3) is 85.2 Å². The average molecular weight is 727 g/mol. The van der Waals surface area contributed by atoms with Gasteiger partial charge in [-0.2, -0.15) is 0 Å². The second kappa shape index (κ2) is 12.6. The van der Waals surface area contributed by atoms with Crippen LogP contribution < -0.4 is 4.90 Å². The zero-order valence-corrected chi connectivity index (χ0v) is 30.6. The zero-order chi connectivity index (χ0) is 35.6. The first kappa shape index (κ1) is 31.0. The monoisotopic (exact) mass is 726 g/mol. The minimum atomic E-state index is 0.845. The van der Waals surface area contributed by atoms with E-state index in [-0.39, 0.29) is 0 Å². The van der Waals surface area contributed by atoms with Gasteiger partial charge in [0.1, 0.15) is 16.2 Å². The van der Waals surface area contributed by atoms with Crippen LogP contribution in [-0.2, 0) is 0 Å². The molecule has 3 nitrogen and oxygen atoms in total. The fraction of sp³-hybridized carbons (Fsp3) is 0. The molecular weight excluding hydrogens is 697 g/mol. The topological polar surface area (TPSA) is 29.3 Å². The van der Waals surface area contributed by atoms with Crippen LogP contribution in [0, 0.1) is 0 Å². The molecule has 254 valence electrons. The molecule has 0 saturated carbocycles. The summed E-state index contributed by atoms with van der Waals surface area (Å²) in [5.74, 6) is 0. The molecule has 0 aliphatic heterocycles. The summed E-state index contributed by atoms with van der Waals surface area (Å²) < 4.78 is 10.2. The quantitative estimate of drug-likeness (QED) is 0.171. The van der Waals surface area contributed by atoms with Crippen molar-refractivity contribution in [2.24, 2.45) is 0 Å². The molecule has 0 fully saturated rings. The molecule has 0 saturated heterocycles. The van der Waals surface area contributed by atoms with Crippen molar-refractivity contribution in [3.8, 4) is 32.8 Å². The highest BCUT2D eigenvalue weighted by Crippen LogP contribution is 2.44. The van der Waals surface area contributed by atoms with Gasteiger partial charge in [-0.25, -0.2) is 4.98 Å². The van der Waals surface area contributed by atoms with E-state index in [1.54, 1.807) is 11.3 Å². The van der Waals surface area contributed by atoms with Gasteiger partial charge in [0.15, 0.2) is 0 Å². The van der Waals surface area contributed by atoms with Gasteiger partial charge in [0.25, 0.3) is 0 Å². The van der Waals surface area contributed by atoms with Crippen LogP contribution in [0.4, 0.5) is 17.1 Å². The number of furan rings is 1. The first-order chi connectivity index (χ1) is 26.7. The van der Waals surface area contributed by atoms with Crippen molar-refractivity contribution in [3.63, 3.8) is 0 Å². The Morgan fingerprint density at radius 1 is 0.407 bits per heavy atom. The van der Waals surface area contributed by atoms with Gasteiger partial charge in [0.2, 0.25) is 0 Å². The Kier molecular flexibility index (Phi) is 7.22. The zero-order valence-electron chi connectivity index (χ0n) is 28.9. The minimum absolute atomic E-state index is 0.845. The van der Waals surface area contributed by atoms with Crippen LogP contribution in [0.3, 0.4) is 0 Å². The lowest BCUT2D eigenvalue weighted by molar-refractivity contribution is 0.669. The summed E-state index contributed by atoms with van der Waals surface area (Å²) >= 11 is 3.58. The lowest BCUT2D eigenvalue weighted by Gasteiger charge is -2.26. The lowest BCUT2D eigenvalue weighted by Crippen LogP contribution is -2.09. The third-order valence-electron chi connectivity index (χ3n) is 10.3. The Hall–Kier alpha value is -6.53. The fourth-order valence-corrected chi connectivity index (χ4v) is 9.88. The van der Waals surface area contributed by atoms with Gasteiger partial charge in [-0.15, -0.1) is 22.7 Å². The summed E-state index contributed by atoms with van der Waals surface area (Å²) in [4.78, 5) is 7.52. The number of fused-ring (bicyclic) bond motifs is 8. The Labute approximate surface area is 319 Å². The summed E-state index contributed by atoms with van der Waals surface area (Å²) in [5, 5.41) is 5.74. The Balaban J connectivity index is 1.07. The number of thiazole rings is 1. The predicted octanol–water partition coefficient (Wildman–Crippen LogP) is 15.0. The molecule has 3 aromatic heterocycles. The number of nitrogens with zero attached hydrogens (tertiary/aromatic N) is 2. The van der Waals surface area contributed by atoms with Gasteiger partial charge in [-0.05, 0) is 89.0 Å².